The van der Waals surface area contributed by atoms with Crippen LogP contribution in [0, 0.1) is 12.3 Å². The lowest BCUT2D eigenvalue weighted by Gasteiger charge is -2.22. The molecule has 7 heteroatoms. The molecule has 24 heavy (non-hydrogen) atoms. The molecule has 6 nitrogen and oxygen atoms in total. The van der Waals surface area contributed by atoms with Crippen molar-refractivity contribution in [2.24, 2.45) is 5.41 Å². The molecule has 0 saturated carbocycles. The fraction of sp³-hybridized carbons (Fsp3) is 0.588. The van der Waals surface area contributed by atoms with Crippen molar-refractivity contribution >= 4 is 16.0 Å². The summed E-state index contributed by atoms with van der Waals surface area (Å²) in [5.74, 6) is -0.190. The Morgan fingerprint density at radius 3 is 2.46 bits per heavy atom. The van der Waals surface area contributed by atoms with Crippen LogP contribution in [0.2, 0.25) is 0 Å². The topological polar surface area (TPSA) is 83.9 Å². The fourth-order valence-electron chi connectivity index (χ4n) is 3.02. The highest BCUT2D eigenvalue weighted by molar-refractivity contribution is 7.89. The molecule has 0 aliphatic carbocycles. The van der Waals surface area contributed by atoms with E-state index in [1.807, 2.05) is 13.8 Å². The van der Waals surface area contributed by atoms with Gasteiger partial charge in [-0.2, -0.15) is 4.31 Å². The van der Waals surface area contributed by atoms with Crippen molar-refractivity contribution in [2.75, 3.05) is 20.2 Å². The van der Waals surface area contributed by atoms with E-state index in [2.05, 4.69) is 0 Å². The van der Waals surface area contributed by atoms with Gasteiger partial charge in [0.1, 0.15) is 5.75 Å². The first-order chi connectivity index (χ1) is 11.0. The largest absolute Gasteiger partial charge is 0.496 e. The van der Waals surface area contributed by atoms with Crippen molar-refractivity contribution in [1.82, 2.24) is 4.31 Å². The van der Waals surface area contributed by atoms with Gasteiger partial charge in [0, 0.05) is 13.1 Å². The summed E-state index contributed by atoms with van der Waals surface area (Å²) in [4.78, 5) is 11.6. The lowest BCUT2D eigenvalue weighted by Crippen LogP contribution is -2.35. The average Bonchev–Trinajstić information content (AvgIpc) is 2.91. The van der Waals surface area contributed by atoms with Gasteiger partial charge in [-0.15, -0.1) is 0 Å². The van der Waals surface area contributed by atoms with Gasteiger partial charge >= 0.3 is 5.97 Å². The highest BCUT2D eigenvalue weighted by Crippen LogP contribution is 2.37. The average molecular weight is 355 g/mol. The number of aryl methyl sites for hydroxylation is 1. The Kier molecular flexibility index (Phi) is 4.97. The van der Waals surface area contributed by atoms with E-state index in [9.17, 15) is 18.3 Å². The van der Waals surface area contributed by atoms with Crippen molar-refractivity contribution in [3.05, 3.63) is 23.3 Å². The molecule has 1 aromatic carbocycles. The Morgan fingerprint density at radius 2 is 2.00 bits per heavy atom. The Hall–Kier alpha value is -1.60. The molecule has 134 valence electrons. The summed E-state index contributed by atoms with van der Waals surface area (Å²) in [6.07, 6.45) is 0.313. The van der Waals surface area contributed by atoms with Crippen LogP contribution < -0.4 is 4.74 Å². The van der Waals surface area contributed by atoms with Crippen LogP contribution in [0.3, 0.4) is 0 Å². The van der Waals surface area contributed by atoms with Gasteiger partial charge in [0.05, 0.1) is 17.4 Å². The van der Waals surface area contributed by atoms with Crippen molar-refractivity contribution in [1.29, 1.82) is 0 Å². The summed E-state index contributed by atoms with van der Waals surface area (Å²) in [6.45, 7) is 7.47. The first kappa shape index (κ1) is 18.7. The SMILES string of the molecule is COc1cc(C)c(S(=O)(=O)N2CCC(C)(C(=O)O)C2)cc1C(C)C. The van der Waals surface area contributed by atoms with E-state index < -0.39 is 21.4 Å². The zero-order valence-electron chi connectivity index (χ0n) is 14.8. The number of hydrogen-bond acceptors (Lipinski definition) is 4. The van der Waals surface area contributed by atoms with Crippen LogP contribution in [0.4, 0.5) is 0 Å². The summed E-state index contributed by atoms with van der Waals surface area (Å²) in [5, 5.41) is 9.33. The summed E-state index contributed by atoms with van der Waals surface area (Å²) >= 11 is 0. The highest BCUT2D eigenvalue weighted by Gasteiger charge is 2.45. The molecule has 1 fully saturated rings. The van der Waals surface area contributed by atoms with Gasteiger partial charge in [-0.1, -0.05) is 13.8 Å². The number of rotatable bonds is 5. The second-order valence-corrected chi connectivity index (χ2v) is 8.88. The van der Waals surface area contributed by atoms with E-state index in [0.717, 1.165) is 5.56 Å². The van der Waals surface area contributed by atoms with E-state index in [-0.39, 0.29) is 23.9 Å². The molecule has 1 heterocycles. The zero-order chi connectivity index (χ0) is 18.3. The minimum atomic E-state index is -3.74. The van der Waals surface area contributed by atoms with Crippen LogP contribution >= 0.6 is 0 Å². The minimum absolute atomic E-state index is 0.00680. The predicted molar refractivity (Wildman–Crippen MR) is 90.9 cm³/mol. The van der Waals surface area contributed by atoms with Crippen molar-refractivity contribution in [2.45, 2.75) is 44.9 Å². The zero-order valence-corrected chi connectivity index (χ0v) is 15.6. The quantitative estimate of drug-likeness (QED) is 0.878. The van der Waals surface area contributed by atoms with Crippen molar-refractivity contribution in [3.8, 4) is 5.75 Å². The van der Waals surface area contributed by atoms with Gasteiger partial charge in [0.15, 0.2) is 0 Å². The number of carbonyl (C=O) groups is 1. The molecule has 1 saturated heterocycles. The molecule has 0 aromatic heterocycles. The number of benzene rings is 1. The number of nitrogens with zero attached hydrogens (tertiary/aromatic N) is 1. The van der Waals surface area contributed by atoms with Gasteiger partial charge in [0.2, 0.25) is 10.0 Å². The number of ether oxygens (including phenoxy) is 1. The molecule has 2 rings (SSSR count). The summed E-state index contributed by atoms with van der Waals surface area (Å²) in [7, 11) is -2.18. The van der Waals surface area contributed by atoms with Crippen molar-refractivity contribution < 1.29 is 23.1 Å². The van der Waals surface area contributed by atoms with Crippen LogP contribution in [-0.2, 0) is 14.8 Å². The number of aliphatic carboxylic acids is 1. The summed E-state index contributed by atoms with van der Waals surface area (Å²) in [6, 6.07) is 3.39. The maximum Gasteiger partial charge on any atom is 0.310 e. The van der Waals surface area contributed by atoms with Crippen LogP contribution in [0.15, 0.2) is 17.0 Å². The lowest BCUT2D eigenvalue weighted by atomic mass is 9.90. The molecule has 1 N–H and O–H groups in total. The van der Waals surface area contributed by atoms with E-state index in [1.54, 1.807) is 33.1 Å². The smallest absolute Gasteiger partial charge is 0.310 e. The third-order valence-electron chi connectivity index (χ3n) is 4.72. The van der Waals surface area contributed by atoms with Gasteiger partial charge in [-0.3, -0.25) is 4.79 Å². The molecule has 0 spiro atoms. The number of carboxylic acids is 1. The van der Waals surface area contributed by atoms with E-state index in [0.29, 0.717) is 17.7 Å². The molecule has 1 aromatic rings. The molecule has 1 atom stereocenters. The fourth-order valence-corrected chi connectivity index (χ4v) is 4.83. The summed E-state index contributed by atoms with van der Waals surface area (Å²) < 4.78 is 32.7. The number of sulfonamides is 1. The minimum Gasteiger partial charge on any atom is -0.496 e. The summed E-state index contributed by atoms with van der Waals surface area (Å²) in [5.41, 5.74) is 0.385. The Balaban J connectivity index is 2.47. The Bertz CT molecular complexity index is 756. The van der Waals surface area contributed by atoms with E-state index in [1.165, 1.54) is 4.31 Å². The third kappa shape index (κ3) is 3.15. The Labute approximate surface area is 143 Å². The number of methoxy groups -OCH3 is 1. The molecule has 0 amide bonds. The molecule has 0 bridgehead atoms. The molecule has 1 aliphatic heterocycles. The molecule has 0 radical (unpaired) electrons. The van der Waals surface area contributed by atoms with Crippen LogP contribution in [0.5, 0.6) is 5.75 Å². The van der Waals surface area contributed by atoms with Crippen LogP contribution in [0.25, 0.3) is 0 Å². The molecule has 1 aliphatic rings. The number of carboxylic acid groups (broad SMARTS) is 1. The molecular weight excluding hydrogens is 330 g/mol. The lowest BCUT2D eigenvalue weighted by molar-refractivity contribution is -0.146. The first-order valence-electron chi connectivity index (χ1n) is 7.95. The van der Waals surface area contributed by atoms with Gasteiger partial charge in [-0.25, -0.2) is 8.42 Å². The van der Waals surface area contributed by atoms with E-state index >= 15 is 0 Å². The van der Waals surface area contributed by atoms with Crippen molar-refractivity contribution in [3.63, 3.8) is 0 Å². The van der Waals surface area contributed by atoms with Gasteiger partial charge < -0.3 is 9.84 Å². The standard InChI is InChI=1S/C17H25NO5S/c1-11(2)13-9-15(12(3)8-14(13)23-5)24(21,22)18-7-6-17(4,10-18)16(19)20/h8-9,11H,6-7,10H2,1-5H3,(H,19,20). The van der Waals surface area contributed by atoms with E-state index in [4.69, 9.17) is 4.74 Å². The maximum atomic E-state index is 13.0. The molecular formula is C17H25NO5S. The predicted octanol–water partition coefficient (Wildman–Crippen LogP) is 2.61. The van der Waals surface area contributed by atoms with Crippen LogP contribution in [0.1, 0.15) is 44.2 Å². The second-order valence-electron chi connectivity index (χ2n) is 6.97. The maximum absolute atomic E-state index is 13.0. The van der Waals surface area contributed by atoms with Gasteiger partial charge in [-0.05, 0) is 49.4 Å². The third-order valence-corrected chi connectivity index (χ3v) is 6.71. The van der Waals surface area contributed by atoms with Gasteiger partial charge in [0.25, 0.3) is 0 Å². The first-order valence-corrected chi connectivity index (χ1v) is 9.39. The highest BCUT2D eigenvalue weighted by atomic mass is 32.2. The normalized spacial score (nSPS) is 22.1. The monoisotopic (exact) mass is 355 g/mol. The second kappa shape index (κ2) is 6.37. The number of hydrogen-bond donors (Lipinski definition) is 1. The Morgan fingerprint density at radius 1 is 1.38 bits per heavy atom. The van der Waals surface area contributed by atoms with Crippen LogP contribution in [-0.4, -0.2) is 44.0 Å². The molecule has 1 unspecified atom stereocenters.